The van der Waals surface area contributed by atoms with Gasteiger partial charge in [0.25, 0.3) is 0 Å². The zero-order chi connectivity index (χ0) is 9.97. The van der Waals surface area contributed by atoms with E-state index in [1.807, 2.05) is 0 Å². The molecule has 72 valence electrons. The molecular weight excluding hydrogens is 192 g/mol. The second-order valence-electron chi connectivity index (χ2n) is 3.66. The van der Waals surface area contributed by atoms with Crippen LogP contribution in [0.25, 0.3) is 10.8 Å². The smallest absolute Gasteiger partial charge is 0.0289 e. The Morgan fingerprint density at radius 3 is 2.50 bits per heavy atom. The normalized spacial score (nSPS) is 13.0. The van der Waals surface area contributed by atoms with Gasteiger partial charge in [-0.25, -0.2) is 0 Å². The summed E-state index contributed by atoms with van der Waals surface area (Å²) < 4.78 is 0. The summed E-state index contributed by atoms with van der Waals surface area (Å²) in [6, 6.07) is 14.9. The highest BCUT2D eigenvalue weighted by Crippen LogP contribution is 2.22. The molecule has 2 aromatic carbocycles. The van der Waals surface area contributed by atoms with E-state index < -0.39 is 0 Å². The Morgan fingerprint density at radius 2 is 1.79 bits per heavy atom. The molecule has 0 nitrogen and oxygen atoms in total. The van der Waals surface area contributed by atoms with E-state index in [9.17, 15) is 0 Å². The highest BCUT2D eigenvalue weighted by molar-refractivity contribution is 6.18. The minimum atomic E-state index is 0.432. The zero-order valence-corrected chi connectivity index (χ0v) is 8.96. The molecule has 0 aromatic heterocycles. The highest BCUT2D eigenvalue weighted by atomic mass is 35.5. The maximum Gasteiger partial charge on any atom is 0.0289 e. The zero-order valence-electron chi connectivity index (χ0n) is 8.20. The Labute approximate surface area is 89.5 Å². The van der Waals surface area contributed by atoms with Gasteiger partial charge in [0, 0.05) is 5.88 Å². The molecule has 14 heavy (non-hydrogen) atoms. The van der Waals surface area contributed by atoms with Crippen LogP contribution in [0.15, 0.2) is 42.5 Å². The number of hydrogen-bond acceptors (Lipinski definition) is 0. The summed E-state index contributed by atoms with van der Waals surface area (Å²) in [5.41, 5.74) is 1.32. The van der Waals surface area contributed by atoms with Crippen molar-refractivity contribution >= 4 is 22.4 Å². The van der Waals surface area contributed by atoms with E-state index >= 15 is 0 Å². The van der Waals surface area contributed by atoms with Crippen molar-refractivity contribution in [2.45, 2.75) is 12.8 Å². The molecule has 1 heteroatoms. The van der Waals surface area contributed by atoms with Gasteiger partial charge in [0.15, 0.2) is 0 Å². The molecule has 0 bridgehead atoms. The van der Waals surface area contributed by atoms with Crippen molar-refractivity contribution in [3.8, 4) is 0 Å². The number of benzene rings is 2. The standard InChI is InChI=1S/C13H13Cl/c1-10(9-14)12-7-6-11-4-2-3-5-13(11)8-12/h2-8,10H,9H2,1H3. The predicted molar refractivity (Wildman–Crippen MR) is 63.1 cm³/mol. The molecule has 0 saturated carbocycles. The molecule has 0 aliphatic carbocycles. The van der Waals surface area contributed by atoms with E-state index in [2.05, 4.69) is 49.4 Å². The fraction of sp³-hybridized carbons (Fsp3) is 0.231. The summed E-state index contributed by atoms with van der Waals surface area (Å²) >= 11 is 5.84. The second kappa shape index (κ2) is 4.02. The molecule has 0 N–H and O–H groups in total. The average Bonchev–Trinajstić information content (AvgIpc) is 2.27. The molecule has 0 aliphatic heterocycles. The number of hydrogen-bond donors (Lipinski definition) is 0. The van der Waals surface area contributed by atoms with Gasteiger partial charge < -0.3 is 0 Å². The first kappa shape index (κ1) is 9.54. The van der Waals surface area contributed by atoms with Gasteiger partial charge in [0.1, 0.15) is 0 Å². The molecule has 2 aromatic rings. The van der Waals surface area contributed by atoms with E-state index in [1.54, 1.807) is 0 Å². The molecule has 0 spiro atoms. The van der Waals surface area contributed by atoms with Crippen LogP contribution in [0, 0.1) is 0 Å². The van der Waals surface area contributed by atoms with E-state index in [-0.39, 0.29) is 0 Å². The second-order valence-corrected chi connectivity index (χ2v) is 3.97. The Kier molecular flexibility index (Phi) is 2.74. The predicted octanol–water partition coefficient (Wildman–Crippen LogP) is 4.18. The summed E-state index contributed by atoms with van der Waals surface area (Å²) in [5.74, 6) is 1.11. The van der Waals surface area contributed by atoms with Crippen LogP contribution in [0.4, 0.5) is 0 Å². The third-order valence-corrected chi connectivity index (χ3v) is 3.04. The van der Waals surface area contributed by atoms with Crippen LogP contribution in [-0.2, 0) is 0 Å². The van der Waals surface area contributed by atoms with Gasteiger partial charge >= 0.3 is 0 Å². The molecule has 0 aliphatic rings. The van der Waals surface area contributed by atoms with Crippen LogP contribution in [0.1, 0.15) is 18.4 Å². The molecule has 2 rings (SSSR count). The molecule has 0 fully saturated rings. The third-order valence-electron chi connectivity index (χ3n) is 2.57. The van der Waals surface area contributed by atoms with Gasteiger partial charge in [-0.05, 0) is 22.3 Å². The number of fused-ring (bicyclic) bond motifs is 1. The third kappa shape index (κ3) is 1.76. The Bertz CT molecular complexity index is 434. The summed E-state index contributed by atoms with van der Waals surface area (Å²) in [5, 5.41) is 2.58. The maximum atomic E-state index is 5.84. The van der Waals surface area contributed by atoms with Crippen molar-refractivity contribution in [2.75, 3.05) is 5.88 Å². The largest absolute Gasteiger partial charge is 0.126 e. The van der Waals surface area contributed by atoms with Crippen LogP contribution in [0.5, 0.6) is 0 Å². The lowest BCUT2D eigenvalue weighted by Gasteiger charge is -2.08. The van der Waals surface area contributed by atoms with Gasteiger partial charge in [-0.15, -0.1) is 11.6 Å². The van der Waals surface area contributed by atoms with Crippen molar-refractivity contribution < 1.29 is 0 Å². The summed E-state index contributed by atoms with van der Waals surface area (Å²) in [6.45, 7) is 2.15. The first-order valence-corrected chi connectivity index (χ1v) is 5.39. The Hall–Kier alpha value is -1.01. The van der Waals surface area contributed by atoms with Gasteiger partial charge in [-0.3, -0.25) is 0 Å². The first-order valence-electron chi connectivity index (χ1n) is 4.86. The van der Waals surface area contributed by atoms with Crippen molar-refractivity contribution in [2.24, 2.45) is 0 Å². The minimum Gasteiger partial charge on any atom is -0.126 e. The van der Waals surface area contributed by atoms with Crippen LogP contribution in [0.3, 0.4) is 0 Å². The fourth-order valence-electron chi connectivity index (χ4n) is 1.60. The lowest BCUT2D eigenvalue weighted by atomic mass is 9.99. The quantitative estimate of drug-likeness (QED) is 0.644. The van der Waals surface area contributed by atoms with E-state index in [0.717, 1.165) is 0 Å². The highest BCUT2D eigenvalue weighted by Gasteiger charge is 2.03. The van der Waals surface area contributed by atoms with Gasteiger partial charge in [0.05, 0.1) is 0 Å². The van der Waals surface area contributed by atoms with Gasteiger partial charge in [-0.1, -0.05) is 49.4 Å². The van der Waals surface area contributed by atoms with Crippen LogP contribution in [-0.4, -0.2) is 5.88 Å². The number of alkyl halides is 1. The summed E-state index contributed by atoms with van der Waals surface area (Å²) in [7, 11) is 0. The SMILES string of the molecule is CC(CCl)c1ccc2ccccc2c1. The fourth-order valence-corrected chi connectivity index (χ4v) is 1.78. The summed E-state index contributed by atoms with van der Waals surface area (Å²) in [4.78, 5) is 0. The van der Waals surface area contributed by atoms with Gasteiger partial charge in [0.2, 0.25) is 0 Å². The lowest BCUT2D eigenvalue weighted by molar-refractivity contribution is 0.877. The molecule has 1 unspecified atom stereocenters. The van der Waals surface area contributed by atoms with Crippen molar-refractivity contribution in [3.63, 3.8) is 0 Å². The summed E-state index contributed by atoms with van der Waals surface area (Å²) in [6.07, 6.45) is 0. The van der Waals surface area contributed by atoms with Crippen molar-refractivity contribution in [1.29, 1.82) is 0 Å². The van der Waals surface area contributed by atoms with Crippen LogP contribution in [0.2, 0.25) is 0 Å². The molecule has 0 radical (unpaired) electrons. The molecule has 0 saturated heterocycles. The number of halogens is 1. The van der Waals surface area contributed by atoms with Crippen LogP contribution >= 0.6 is 11.6 Å². The van der Waals surface area contributed by atoms with E-state index in [0.29, 0.717) is 11.8 Å². The molecule has 1 atom stereocenters. The van der Waals surface area contributed by atoms with Crippen molar-refractivity contribution in [1.82, 2.24) is 0 Å². The molecular formula is C13H13Cl. The first-order chi connectivity index (χ1) is 6.81. The van der Waals surface area contributed by atoms with E-state index in [1.165, 1.54) is 16.3 Å². The van der Waals surface area contributed by atoms with Crippen molar-refractivity contribution in [3.05, 3.63) is 48.0 Å². The average molecular weight is 205 g/mol. The van der Waals surface area contributed by atoms with Gasteiger partial charge in [-0.2, -0.15) is 0 Å². The maximum absolute atomic E-state index is 5.84. The topological polar surface area (TPSA) is 0 Å². The van der Waals surface area contributed by atoms with E-state index in [4.69, 9.17) is 11.6 Å². The Morgan fingerprint density at radius 1 is 1.07 bits per heavy atom. The monoisotopic (exact) mass is 204 g/mol. The number of rotatable bonds is 2. The molecule has 0 heterocycles. The molecule has 0 amide bonds. The minimum absolute atomic E-state index is 0.432. The lowest BCUT2D eigenvalue weighted by Crippen LogP contribution is -1.93. The van der Waals surface area contributed by atoms with Crippen LogP contribution < -0.4 is 0 Å². The Balaban J connectivity index is 2.51.